The van der Waals surface area contributed by atoms with E-state index in [0.717, 1.165) is 15.6 Å². The molecule has 0 aliphatic heterocycles. The monoisotopic (exact) mass is 240 g/mol. The van der Waals surface area contributed by atoms with E-state index < -0.39 is 0 Å². The molecule has 0 amide bonds. The molecule has 13 heavy (non-hydrogen) atoms. The highest BCUT2D eigenvalue weighted by atomic mass is 79.9. The lowest BCUT2D eigenvalue weighted by Gasteiger charge is -2.07. The second-order valence-electron chi connectivity index (χ2n) is 3.46. The Morgan fingerprint density at radius 3 is 2.54 bits per heavy atom. The van der Waals surface area contributed by atoms with E-state index in [2.05, 4.69) is 15.9 Å². The summed E-state index contributed by atoms with van der Waals surface area (Å²) in [5, 5.41) is 0. The summed E-state index contributed by atoms with van der Waals surface area (Å²) < 4.78 is 0.925. The molecule has 0 N–H and O–H groups in total. The quantitative estimate of drug-likeness (QED) is 0.723. The number of aryl methyl sites for hydroxylation is 1. The molecule has 0 saturated carbocycles. The zero-order valence-electron chi connectivity index (χ0n) is 8.10. The molecule has 0 bridgehead atoms. The summed E-state index contributed by atoms with van der Waals surface area (Å²) in [5.41, 5.74) is 1.89. The second kappa shape index (κ2) is 4.05. The van der Waals surface area contributed by atoms with Crippen LogP contribution in [0.4, 0.5) is 0 Å². The van der Waals surface area contributed by atoms with E-state index in [4.69, 9.17) is 0 Å². The van der Waals surface area contributed by atoms with E-state index in [0.29, 0.717) is 0 Å². The molecule has 0 heterocycles. The van der Waals surface area contributed by atoms with Crippen molar-refractivity contribution in [2.24, 2.45) is 5.92 Å². The molecule has 2 heteroatoms. The summed E-state index contributed by atoms with van der Waals surface area (Å²) in [7, 11) is 0. The van der Waals surface area contributed by atoms with Gasteiger partial charge in [0.05, 0.1) is 0 Å². The largest absolute Gasteiger partial charge is 0.294 e. The fourth-order valence-electron chi connectivity index (χ4n) is 1.15. The highest BCUT2D eigenvalue weighted by molar-refractivity contribution is 9.10. The van der Waals surface area contributed by atoms with Gasteiger partial charge in [0.25, 0.3) is 0 Å². The van der Waals surface area contributed by atoms with Gasteiger partial charge in [-0.15, -0.1) is 0 Å². The van der Waals surface area contributed by atoms with Crippen molar-refractivity contribution in [1.29, 1.82) is 0 Å². The maximum absolute atomic E-state index is 11.7. The Bertz CT molecular complexity index is 329. The first-order chi connectivity index (χ1) is 6.04. The molecule has 1 aromatic carbocycles. The Balaban J connectivity index is 3.15. The Morgan fingerprint density at radius 1 is 1.38 bits per heavy atom. The van der Waals surface area contributed by atoms with Gasteiger partial charge in [-0.2, -0.15) is 0 Å². The van der Waals surface area contributed by atoms with E-state index in [1.54, 1.807) is 0 Å². The fraction of sp³-hybridized carbons (Fsp3) is 0.364. The molecule has 0 fully saturated rings. The van der Waals surface area contributed by atoms with E-state index >= 15 is 0 Å². The minimum absolute atomic E-state index is 0.0538. The highest BCUT2D eigenvalue weighted by Gasteiger charge is 2.13. The van der Waals surface area contributed by atoms with Crippen LogP contribution in [0.25, 0.3) is 0 Å². The molecular weight excluding hydrogens is 228 g/mol. The van der Waals surface area contributed by atoms with Crippen LogP contribution in [0.2, 0.25) is 0 Å². The van der Waals surface area contributed by atoms with Gasteiger partial charge in [0.15, 0.2) is 5.78 Å². The summed E-state index contributed by atoms with van der Waals surface area (Å²) in [6.07, 6.45) is 0. The van der Waals surface area contributed by atoms with Gasteiger partial charge in [-0.05, 0) is 28.4 Å². The Labute approximate surface area is 87.3 Å². The van der Waals surface area contributed by atoms with Crippen molar-refractivity contribution in [3.8, 4) is 0 Å². The third kappa shape index (κ3) is 2.19. The molecule has 0 spiro atoms. The number of halogens is 1. The fourth-order valence-corrected chi connectivity index (χ4v) is 1.61. The first kappa shape index (κ1) is 10.5. The van der Waals surface area contributed by atoms with Crippen LogP contribution in [0.5, 0.6) is 0 Å². The number of hydrogen-bond donors (Lipinski definition) is 0. The maximum Gasteiger partial charge on any atom is 0.166 e. The van der Waals surface area contributed by atoms with Crippen LogP contribution < -0.4 is 0 Å². The Hall–Kier alpha value is -0.630. The number of carbonyl (C=O) groups excluding carboxylic acids is 1. The third-order valence-electron chi connectivity index (χ3n) is 1.98. The van der Waals surface area contributed by atoms with Crippen LogP contribution in [0.1, 0.15) is 29.8 Å². The van der Waals surface area contributed by atoms with Crippen LogP contribution in [0.3, 0.4) is 0 Å². The molecule has 1 rings (SSSR count). The van der Waals surface area contributed by atoms with Gasteiger partial charge in [-0.1, -0.05) is 32.0 Å². The third-order valence-corrected chi connectivity index (χ3v) is 3.03. The number of hydrogen-bond acceptors (Lipinski definition) is 1. The molecule has 0 aliphatic carbocycles. The number of carbonyl (C=O) groups is 1. The van der Waals surface area contributed by atoms with Crippen molar-refractivity contribution in [2.45, 2.75) is 20.8 Å². The minimum atomic E-state index is 0.0538. The Morgan fingerprint density at radius 2 is 2.00 bits per heavy atom. The smallest absolute Gasteiger partial charge is 0.166 e. The summed E-state index contributed by atoms with van der Waals surface area (Å²) in [6, 6.07) is 5.76. The van der Waals surface area contributed by atoms with Crippen LogP contribution in [-0.4, -0.2) is 5.78 Å². The van der Waals surface area contributed by atoms with E-state index in [-0.39, 0.29) is 11.7 Å². The summed E-state index contributed by atoms with van der Waals surface area (Å²) >= 11 is 3.43. The number of Topliss-reactive ketones (excluding diaryl/α,β-unsaturated/α-hetero) is 1. The number of ketones is 1. The Kier molecular flexibility index (Phi) is 3.26. The average Bonchev–Trinajstić information content (AvgIpc) is 2.08. The van der Waals surface area contributed by atoms with Crippen molar-refractivity contribution < 1.29 is 4.79 Å². The van der Waals surface area contributed by atoms with Gasteiger partial charge >= 0.3 is 0 Å². The molecule has 0 aliphatic rings. The van der Waals surface area contributed by atoms with E-state index in [1.165, 1.54) is 0 Å². The number of rotatable bonds is 2. The molecule has 0 saturated heterocycles. The molecule has 70 valence electrons. The molecule has 0 unspecified atom stereocenters. The van der Waals surface area contributed by atoms with Crippen LogP contribution in [-0.2, 0) is 0 Å². The first-order valence-electron chi connectivity index (χ1n) is 4.33. The molecule has 0 aromatic heterocycles. The van der Waals surface area contributed by atoms with E-state index in [9.17, 15) is 4.79 Å². The van der Waals surface area contributed by atoms with Crippen molar-refractivity contribution in [1.82, 2.24) is 0 Å². The summed E-state index contributed by atoms with van der Waals surface area (Å²) in [4.78, 5) is 11.7. The van der Waals surface area contributed by atoms with Crippen LogP contribution >= 0.6 is 15.9 Å². The minimum Gasteiger partial charge on any atom is -0.294 e. The van der Waals surface area contributed by atoms with Gasteiger partial charge in [0, 0.05) is 16.0 Å². The zero-order chi connectivity index (χ0) is 10.0. The zero-order valence-corrected chi connectivity index (χ0v) is 9.68. The van der Waals surface area contributed by atoms with Crippen molar-refractivity contribution in [3.63, 3.8) is 0 Å². The van der Waals surface area contributed by atoms with Gasteiger partial charge in [0.2, 0.25) is 0 Å². The predicted molar refractivity (Wildman–Crippen MR) is 58.0 cm³/mol. The molecular formula is C11H13BrO. The van der Waals surface area contributed by atoms with Crippen LogP contribution in [0.15, 0.2) is 22.7 Å². The molecule has 0 atom stereocenters. The normalized spacial score (nSPS) is 10.5. The van der Waals surface area contributed by atoms with Crippen molar-refractivity contribution in [2.75, 3.05) is 0 Å². The van der Waals surface area contributed by atoms with Gasteiger partial charge in [0.1, 0.15) is 0 Å². The standard InChI is InChI=1S/C11H13BrO/c1-7(2)11(13)9-6-4-5-8(3)10(9)12/h4-7H,1-3H3. The molecule has 1 aromatic rings. The SMILES string of the molecule is Cc1cccc(C(=O)C(C)C)c1Br. The van der Waals surface area contributed by atoms with Gasteiger partial charge < -0.3 is 0 Å². The van der Waals surface area contributed by atoms with Crippen molar-refractivity contribution in [3.05, 3.63) is 33.8 Å². The highest BCUT2D eigenvalue weighted by Crippen LogP contribution is 2.23. The van der Waals surface area contributed by atoms with Gasteiger partial charge in [-0.3, -0.25) is 4.79 Å². The van der Waals surface area contributed by atoms with E-state index in [1.807, 2.05) is 39.0 Å². The lowest BCUT2D eigenvalue weighted by molar-refractivity contribution is 0.0938. The second-order valence-corrected chi connectivity index (χ2v) is 4.25. The van der Waals surface area contributed by atoms with Gasteiger partial charge in [-0.25, -0.2) is 0 Å². The lowest BCUT2D eigenvalue weighted by Crippen LogP contribution is -2.08. The summed E-state index contributed by atoms with van der Waals surface area (Å²) in [6.45, 7) is 5.81. The topological polar surface area (TPSA) is 17.1 Å². The predicted octanol–water partition coefficient (Wildman–Crippen LogP) is 3.60. The average molecular weight is 241 g/mol. The summed E-state index contributed by atoms with van der Waals surface area (Å²) in [5.74, 6) is 0.244. The lowest BCUT2D eigenvalue weighted by atomic mass is 10.00. The van der Waals surface area contributed by atoms with Crippen LogP contribution in [0, 0.1) is 12.8 Å². The maximum atomic E-state index is 11.7. The first-order valence-corrected chi connectivity index (χ1v) is 5.12. The molecule has 1 nitrogen and oxygen atoms in total. The number of benzene rings is 1. The van der Waals surface area contributed by atoms with Crippen molar-refractivity contribution >= 4 is 21.7 Å². The molecule has 0 radical (unpaired) electrons.